The minimum Gasteiger partial charge on any atom is -0.354 e. The first-order valence-electron chi connectivity index (χ1n) is 8.15. The maximum atomic E-state index is 4.36. The van der Waals surface area contributed by atoms with Crippen LogP contribution in [0.5, 0.6) is 0 Å². The summed E-state index contributed by atoms with van der Waals surface area (Å²) in [6, 6.07) is 24.8. The molecule has 118 valence electrons. The minimum atomic E-state index is 0.832. The molecule has 25 heavy (non-hydrogen) atoms. The lowest BCUT2D eigenvalue weighted by atomic mass is 9.99. The van der Waals surface area contributed by atoms with Gasteiger partial charge in [-0.05, 0) is 16.8 Å². The molecule has 0 fully saturated rings. The fourth-order valence-electron chi connectivity index (χ4n) is 3.37. The van der Waals surface area contributed by atoms with E-state index in [9.17, 15) is 0 Å². The largest absolute Gasteiger partial charge is 0.354 e. The van der Waals surface area contributed by atoms with Gasteiger partial charge in [-0.3, -0.25) is 0 Å². The average molecular weight is 322 g/mol. The Balaban J connectivity index is 1.83. The van der Waals surface area contributed by atoms with E-state index in [1.165, 1.54) is 10.8 Å². The number of benzene rings is 3. The molecule has 0 atom stereocenters. The van der Waals surface area contributed by atoms with E-state index in [4.69, 9.17) is 0 Å². The molecule has 0 aliphatic carbocycles. The Labute approximate surface area is 144 Å². The first-order valence-corrected chi connectivity index (χ1v) is 8.15. The van der Waals surface area contributed by atoms with Gasteiger partial charge in [0.25, 0.3) is 0 Å². The van der Waals surface area contributed by atoms with Crippen molar-refractivity contribution in [3.05, 3.63) is 79.0 Å². The molecular formula is C21H14N4. The quantitative estimate of drug-likeness (QED) is 0.506. The van der Waals surface area contributed by atoms with Crippen molar-refractivity contribution in [1.29, 1.82) is 0 Å². The highest BCUT2D eigenvalue weighted by Gasteiger charge is 2.15. The number of para-hydroxylation sites is 2. The van der Waals surface area contributed by atoms with E-state index in [0.29, 0.717) is 0 Å². The van der Waals surface area contributed by atoms with E-state index < -0.39 is 0 Å². The van der Waals surface area contributed by atoms with Crippen LogP contribution in [-0.2, 0) is 0 Å². The fourth-order valence-corrected chi connectivity index (χ4v) is 3.37. The molecule has 0 aliphatic heterocycles. The molecule has 5 rings (SSSR count). The zero-order valence-electron chi connectivity index (χ0n) is 13.3. The summed E-state index contributed by atoms with van der Waals surface area (Å²) in [4.78, 5) is 3.54. The van der Waals surface area contributed by atoms with E-state index in [1.807, 2.05) is 24.3 Å². The van der Waals surface area contributed by atoms with Gasteiger partial charge < -0.3 is 4.98 Å². The summed E-state index contributed by atoms with van der Waals surface area (Å²) in [5.74, 6) is 0. The van der Waals surface area contributed by atoms with Crippen LogP contribution in [0.3, 0.4) is 0 Å². The first-order chi connectivity index (χ1) is 12.4. The van der Waals surface area contributed by atoms with Gasteiger partial charge in [0, 0.05) is 27.4 Å². The molecule has 0 amide bonds. The van der Waals surface area contributed by atoms with Crippen molar-refractivity contribution < 1.29 is 0 Å². The zero-order chi connectivity index (χ0) is 16.6. The summed E-state index contributed by atoms with van der Waals surface area (Å²) in [7, 11) is 0. The third-order valence-corrected chi connectivity index (χ3v) is 4.52. The van der Waals surface area contributed by atoms with Crippen molar-refractivity contribution in [3.8, 4) is 22.4 Å². The molecule has 5 aromatic rings. The normalized spacial score (nSPS) is 11.2. The van der Waals surface area contributed by atoms with Gasteiger partial charge in [0.1, 0.15) is 5.69 Å². The van der Waals surface area contributed by atoms with Crippen LogP contribution in [0, 0.1) is 0 Å². The molecule has 4 heteroatoms. The Bertz CT molecular complexity index is 1190. The van der Waals surface area contributed by atoms with Gasteiger partial charge in [-0.15, -0.1) is 10.2 Å². The molecule has 4 nitrogen and oxygen atoms in total. The van der Waals surface area contributed by atoms with Crippen LogP contribution in [0.2, 0.25) is 0 Å². The Morgan fingerprint density at radius 1 is 0.680 bits per heavy atom. The van der Waals surface area contributed by atoms with Gasteiger partial charge in [-0.1, -0.05) is 66.7 Å². The number of aromatic amines is 1. The maximum Gasteiger partial charge on any atom is 0.106 e. The predicted molar refractivity (Wildman–Crippen MR) is 100 cm³/mol. The lowest BCUT2D eigenvalue weighted by Gasteiger charge is -2.08. The fraction of sp³-hybridized carbons (Fsp3) is 0. The Kier molecular flexibility index (Phi) is 3.07. The van der Waals surface area contributed by atoms with E-state index in [0.717, 1.165) is 33.4 Å². The van der Waals surface area contributed by atoms with Crippen LogP contribution in [0.25, 0.3) is 44.2 Å². The van der Waals surface area contributed by atoms with Crippen molar-refractivity contribution in [2.75, 3.05) is 0 Å². The molecule has 3 aromatic carbocycles. The molecule has 0 bridgehead atoms. The summed E-state index contributed by atoms with van der Waals surface area (Å²) >= 11 is 0. The predicted octanol–water partition coefficient (Wildman–Crippen LogP) is 4.84. The lowest BCUT2D eigenvalue weighted by molar-refractivity contribution is 0.873. The Morgan fingerprint density at radius 3 is 2.40 bits per heavy atom. The second-order valence-corrected chi connectivity index (χ2v) is 5.96. The van der Waals surface area contributed by atoms with E-state index in [-0.39, 0.29) is 0 Å². The number of aromatic nitrogens is 4. The van der Waals surface area contributed by atoms with Crippen LogP contribution in [0.4, 0.5) is 0 Å². The van der Waals surface area contributed by atoms with Crippen LogP contribution < -0.4 is 0 Å². The average Bonchev–Trinajstić information content (AvgIpc) is 3.07. The maximum absolute atomic E-state index is 4.36. The topological polar surface area (TPSA) is 54.5 Å². The summed E-state index contributed by atoms with van der Waals surface area (Å²) in [6.07, 6.45) is 1.78. The standard InChI is InChI=1S/C21H14N4/c1-2-7-14(8-3-1)18-13-22-25-24-21(18)17-11-6-10-16-15-9-4-5-12-19(15)23-20(16)17/h1-13,23H. The van der Waals surface area contributed by atoms with Crippen LogP contribution in [0.1, 0.15) is 0 Å². The van der Waals surface area contributed by atoms with Gasteiger partial charge in [0.05, 0.1) is 11.7 Å². The number of rotatable bonds is 2. The summed E-state index contributed by atoms with van der Waals surface area (Å²) in [5.41, 5.74) is 6.10. The third-order valence-electron chi connectivity index (χ3n) is 4.52. The highest BCUT2D eigenvalue weighted by Crippen LogP contribution is 2.36. The molecular weight excluding hydrogens is 308 g/mol. The molecule has 0 saturated heterocycles. The molecule has 0 saturated carbocycles. The van der Waals surface area contributed by atoms with E-state index in [2.05, 4.69) is 68.9 Å². The Morgan fingerprint density at radius 2 is 1.48 bits per heavy atom. The van der Waals surface area contributed by atoms with Gasteiger partial charge >= 0.3 is 0 Å². The lowest BCUT2D eigenvalue weighted by Crippen LogP contribution is -1.95. The molecule has 0 unspecified atom stereocenters. The Hall–Kier alpha value is -3.53. The zero-order valence-corrected chi connectivity index (χ0v) is 13.3. The van der Waals surface area contributed by atoms with Gasteiger partial charge in [0.15, 0.2) is 0 Å². The molecule has 1 N–H and O–H groups in total. The number of hydrogen-bond acceptors (Lipinski definition) is 3. The molecule has 0 spiro atoms. The van der Waals surface area contributed by atoms with Crippen molar-refractivity contribution in [3.63, 3.8) is 0 Å². The number of H-pyrrole nitrogens is 1. The van der Waals surface area contributed by atoms with Crippen molar-refractivity contribution in [2.45, 2.75) is 0 Å². The van der Waals surface area contributed by atoms with Gasteiger partial charge in [0.2, 0.25) is 0 Å². The smallest absolute Gasteiger partial charge is 0.106 e. The molecule has 0 radical (unpaired) electrons. The molecule has 2 aromatic heterocycles. The van der Waals surface area contributed by atoms with Crippen molar-refractivity contribution >= 4 is 21.8 Å². The minimum absolute atomic E-state index is 0.832. The van der Waals surface area contributed by atoms with Crippen molar-refractivity contribution in [1.82, 2.24) is 20.4 Å². The number of fused-ring (bicyclic) bond motifs is 3. The van der Waals surface area contributed by atoms with Crippen LogP contribution in [0.15, 0.2) is 79.0 Å². The van der Waals surface area contributed by atoms with Crippen LogP contribution in [-0.4, -0.2) is 20.4 Å². The summed E-state index contributed by atoms with van der Waals surface area (Å²) in [5, 5.41) is 14.7. The van der Waals surface area contributed by atoms with Gasteiger partial charge in [-0.2, -0.15) is 0 Å². The third kappa shape index (κ3) is 2.19. The molecule has 2 heterocycles. The van der Waals surface area contributed by atoms with Gasteiger partial charge in [-0.25, -0.2) is 0 Å². The second kappa shape index (κ2) is 5.53. The SMILES string of the molecule is c1ccc(-c2cnnnc2-c2cccc3c2[nH]c2ccccc23)cc1. The highest BCUT2D eigenvalue weighted by molar-refractivity contribution is 6.12. The van der Waals surface area contributed by atoms with E-state index in [1.54, 1.807) is 6.20 Å². The number of hydrogen-bond donors (Lipinski definition) is 1. The van der Waals surface area contributed by atoms with Crippen molar-refractivity contribution in [2.24, 2.45) is 0 Å². The summed E-state index contributed by atoms with van der Waals surface area (Å²) in [6.45, 7) is 0. The number of nitrogens with zero attached hydrogens (tertiary/aromatic N) is 3. The first kappa shape index (κ1) is 13.9. The van der Waals surface area contributed by atoms with E-state index >= 15 is 0 Å². The van der Waals surface area contributed by atoms with Crippen LogP contribution >= 0.6 is 0 Å². The highest BCUT2D eigenvalue weighted by atomic mass is 15.3. The second-order valence-electron chi connectivity index (χ2n) is 5.96. The molecule has 0 aliphatic rings. The monoisotopic (exact) mass is 322 g/mol. The summed E-state index contributed by atoms with van der Waals surface area (Å²) < 4.78 is 0. The number of nitrogens with one attached hydrogen (secondary N) is 1.